The lowest BCUT2D eigenvalue weighted by Crippen LogP contribution is -2.46. The normalized spacial score (nSPS) is 22.9. The number of nitrogens with two attached hydrogens (primary N) is 1. The SMILES string of the molecule is CCC1CCN(c2ccc([N+](=O)[O-])c(C)c2)C(CN)C1. The van der Waals surface area contributed by atoms with E-state index < -0.39 is 0 Å². The summed E-state index contributed by atoms with van der Waals surface area (Å²) in [6.07, 6.45) is 3.48. The molecule has 0 aromatic heterocycles. The minimum Gasteiger partial charge on any atom is -0.367 e. The van der Waals surface area contributed by atoms with Crippen LogP contribution in [0.3, 0.4) is 0 Å². The zero-order chi connectivity index (χ0) is 14.7. The summed E-state index contributed by atoms with van der Waals surface area (Å²) in [4.78, 5) is 12.9. The predicted molar refractivity (Wildman–Crippen MR) is 81.0 cm³/mol. The molecule has 2 atom stereocenters. The Kier molecular flexibility index (Phi) is 4.60. The van der Waals surface area contributed by atoms with Crippen molar-refractivity contribution >= 4 is 11.4 Å². The number of rotatable bonds is 4. The van der Waals surface area contributed by atoms with Crippen LogP contribution >= 0.6 is 0 Å². The van der Waals surface area contributed by atoms with Crippen molar-refractivity contribution in [3.05, 3.63) is 33.9 Å². The van der Waals surface area contributed by atoms with Crippen LogP contribution in [0, 0.1) is 23.0 Å². The average Bonchev–Trinajstić information content (AvgIpc) is 2.46. The summed E-state index contributed by atoms with van der Waals surface area (Å²) in [7, 11) is 0. The third-order valence-electron chi connectivity index (χ3n) is 4.38. The van der Waals surface area contributed by atoms with Gasteiger partial charge in [0.2, 0.25) is 0 Å². The van der Waals surface area contributed by atoms with E-state index in [0.29, 0.717) is 18.2 Å². The van der Waals surface area contributed by atoms with Crippen molar-refractivity contribution in [3.8, 4) is 0 Å². The van der Waals surface area contributed by atoms with E-state index in [2.05, 4.69) is 11.8 Å². The van der Waals surface area contributed by atoms with Crippen LogP contribution in [-0.4, -0.2) is 24.1 Å². The molecule has 0 aliphatic carbocycles. The molecule has 0 amide bonds. The van der Waals surface area contributed by atoms with E-state index in [9.17, 15) is 10.1 Å². The van der Waals surface area contributed by atoms with E-state index in [0.717, 1.165) is 24.6 Å². The lowest BCUT2D eigenvalue weighted by Gasteiger charge is -2.40. The van der Waals surface area contributed by atoms with Gasteiger partial charge in [-0.3, -0.25) is 10.1 Å². The van der Waals surface area contributed by atoms with E-state index in [4.69, 9.17) is 5.73 Å². The molecule has 5 nitrogen and oxygen atoms in total. The Morgan fingerprint density at radius 1 is 1.50 bits per heavy atom. The van der Waals surface area contributed by atoms with Gasteiger partial charge in [-0.25, -0.2) is 0 Å². The van der Waals surface area contributed by atoms with Gasteiger partial charge in [0.15, 0.2) is 0 Å². The molecular weight excluding hydrogens is 254 g/mol. The molecule has 1 aliphatic heterocycles. The second-order valence-corrected chi connectivity index (χ2v) is 5.61. The Morgan fingerprint density at radius 3 is 2.80 bits per heavy atom. The topological polar surface area (TPSA) is 72.4 Å². The second-order valence-electron chi connectivity index (χ2n) is 5.61. The number of aryl methyl sites for hydroxylation is 1. The maximum atomic E-state index is 10.9. The van der Waals surface area contributed by atoms with Crippen molar-refractivity contribution in [2.45, 2.75) is 39.2 Å². The van der Waals surface area contributed by atoms with Crippen LogP contribution in [0.4, 0.5) is 11.4 Å². The fourth-order valence-electron chi connectivity index (χ4n) is 3.09. The van der Waals surface area contributed by atoms with Gasteiger partial charge in [0, 0.05) is 36.4 Å². The molecule has 110 valence electrons. The molecule has 0 radical (unpaired) electrons. The average molecular weight is 277 g/mol. The van der Waals surface area contributed by atoms with Crippen LogP contribution in [0.25, 0.3) is 0 Å². The van der Waals surface area contributed by atoms with Gasteiger partial charge in [-0.2, -0.15) is 0 Å². The van der Waals surface area contributed by atoms with E-state index in [1.165, 1.54) is 12.8 Å². The quantitative estimate of drug-likeness (QED) is 0.678. The Hall–Kier alpha value is -1.62. The zero-order valence-corrected chi connectivity index (χ0v) is 12.2. The number of nitrogens with zero attached hydrogens (tertiary/aromatic N) is 2. The highest BCUT2D eigenvalue weighted by atomic mass is 16.6. The minimum absolute atomic E-state index is 0.182. The molecule has 1 heterocycles. The number of anilines is 1. The van der Waals surface area contributed by atoms with Crippen molar-refractivity contribution < 1.29 is 4.92 Å². The summed E-state index contributed by atoms with van der Waals surface area (Å²) in [5, 5.41) is 10.9. The highest BCUT2D eigenvalue weighted by Crippen LogP contribution is 2.31. The fourth-order valence-corrected chi connectivity index (χ4v) is 3.09. The van der Waals surface area contributed by atoms with E-state index in [1.54, 1.807) is 13.0 Å². The molecular formula is C15H23N3O2. The van der Waals surface area contributed by atoms with Gasteiger partial charge in [-0.05, 0) is 37.8 Å². The molecule has 1 aromatic carbocycles. The zero-order valence-electron chi connectivity index (χ0n) is 12.2. The number of piperidine rings is 1. The number of benzene rings is 1. The largest absolute Gasteiger partial charge is 0.367 e. The van der Waals surface area contributed by atoms with Crippen LogP contribution in [0.2, 0.25) is 0 Å². The smallest absolute Gasteiger partial charge is 0.272 e. The standard InChI is InChI=1S/C15H23N3O2/c1-3-12-6-7-17(14(9-12)10-16)13-4-5-15(18(19)20)11(2)8-13/h4-5,8,12,14H,3,6-7,9-10,16H2,1-2H3. The van der Waals surface area contributed by atoms with Crippen molar-refractivity contribution in [1.29, 1.82) is 0 Å². The third kappa shape index (κ3) is 2.93. The molecule has 1 aliphatic rings. The van der Waals surface area contributed by atoms with Gasteiger partial charge in [-0.15, -0.1) is 0 Å². The van der Waals surface area contributed by atoms with Gasteiger partial charge < -0.3 is 10.6 Å². The molecule has 20 heavy (non-hydrogen) atoms. The van der Waals surface area contributed by atoms with E-state index >= 15 is 0 Å². The van der Waals surface area contributed by atoms with Crippen LogP contribution in [0.5, 0.6) is 0 Å². The lowest BCUT2D eigenvalue weighted by atomic mass is 9.88. The van der Waals surface area contributed by atoms with Gasteiger partial charge in [-0.1, -0.05) is 13.3 Å². The number of hydrogen-bond donors (Lipinski definition) is 1. The summed E-state index contributed by atoms with van der Waals surface area (Å²) in [6.45, 7) is 5.63. The highest BCUT2D eigenvalue weighted by Gasteiger charge is 2.27. The van der Waals surface area contributed by atoms with Gasteiger partial charge >= 0.3 is 0 Å². The molecule has 0 spiro atoms. The Bertz CT molecular complexity index is 490. The number of nitro benzene ring substituents is 1. The Morgan fingerprint density at radius 2 is 2.25 bits per heavy atom. The van der Waals surface area contributed by atoms with Crippen molar-refractivity contribution in [3.63, 3.8) is 0 Å². The summed E-state index contributed by atoms with van der Waals surface area (Å²) >= 11 is 0. The molecule has 2 N–H and O–H groups in total. The molecule has 1 fully saturated rings. The van der Waals surface area contributed by atoms with Crippen molar-refractivity contribution in [1.82, 2.24) is 0 Å². The number of nitro groups is 1. The summed E-state index contributed by atoms with van der Waals surface area (Å²) in [5.74, 6) is 0.749. The van der Waals surface area contributed by atoms with Crippen molar-refractivity contribution in [2.24, 2.45) is 11.7 Å². The lowest BCUT2D eigenvalue weighted by molar-refractivity contribution is -0.385. The van der Waals surface area contributed by atoms with Crippen molar-refractivity contribution in [2.75, 3.05) is 18.0 Å². The molecule has 0 bridgehead atoms. The number of hydrogen-bond acceptors (Lipinski definition) is 4. The highest BCUT2D eigenvalue weighted by molar-refractivity contribution is 5.56. The predicted octanol–water partition coefficient (Wildman–Crippen LogP) is 2.86. The van der Waals surface area contributed by atoms with Gasteiger partial charge in [0.25, 0.3) is 5.69 Å². The first-order valence-electron chi connectivity index (χ1n) is 7.28. The van der Waals surface area contributed by atoms with Crippen LogP contribution in [0.1, 0.15) is 31.7 Å². The Balaban J connectivity index is 2.22. The first-order chi connectivity index (χ1) is 9.56. The Labute approximate surface area is 119 Å². The van der Waals surface area contributed by atoms with Crippen LogP contribution < -0.4 is 10.6 Å². The third-order valence-corrected chi connectivity index (χ3v) is 4.38. The molecule has 5 heteroatoms. The summed E-state index contributed by atoms with van der Waals surface area (Å²) in [5.41, 5.74) is 7.86. The summed E-state index contributed by atoms with van der Waals surface area (Å²) in [6, 6.07) is 5.70. The molecule has 2 unspecified atom stereocenters. The van der Waals surface area contributed by atoms with Gasteiger partial charge in [0.1, 0.15) is 0 Å². The van der Waals surface area contributed by atoms with Crippen LogP contribution in [0.15, 0.2) is 18.2 Å². The van der Waals surface area contributed by atoms with E-state index in [-0.39, 0.29) is 10.6 Å². The fraction of sp³-hybridized carbons (Fsp3) is 0.600. The molecule has 0 saturated carbocycles. The van der Waals surface area contributed by atoms with E-state index in [1.807, 2.05) is 12.1 Å². The molecule has 1 aromatic rings. The summed E-state index contributed by atoms with van der Waals surface area (Å²) < 4.78 is 0. The monoisotopic (exact) mass is 277 g/mol. The first kappa shape index (κ1) is 14.8. The minimum atomic E-state index is -0.331. The van der Waals surface area contributed by atoms with Gasteiger partial charge in [0.05, 0.1) is 4.92 Å². The van der Waals surface area contributed by atoms with Crippen LogP contribution in [-0.2, 0) is 0 Å². The molecule has 2 rings (SSSR count). The maximum Gasteiger partial charge on any atom is 0.272 e. The first-order valence-corrected chi connectivity index (χ1v) is 7.28. The maximum absolute atomic E-state index is 10.9. The molecule has 1 saturated heterocycles. The second kappa shape index (κ2) is 6.22.